The van der Waals surface area contributed by atoms with Crippen molar-refractivity contribution in [2.75, 3.05) is 26.3 Å². The van der Waals surface area contributed by atoms with Gasteiger partial charge in [0.15, 0.2) is 0 Å². The van der Waals surface area contributed by atoms with Crippen LogP contribution < -0.4 is 11.5 Å². The van der Waals surface area contributed by atoms with Gasteiger partial charge in [0.05, 0.1) is 25.4 Å². The summed E-state index contributed by atoms with van der Waals surface area (Å²) in [6, 6.07) is 0. The largest absolute Gasteiger partial charge is 0.377 e. The highest BCUT2D eigenvalue weighted by Gasteiger charge is 2.63. The molecule has 0 heterocycles. The smallest absolute Gasteiger partial charge is 0.0612 e. The molecule has 3 unspecified atom stereocenters. The van der Waals surface area contributed by atoms with Crippen LogP contribution in [0.4, 0.5) is 0 Å². The molecule has 4 aliphatic carbocycles. The zero-order valence-electron chi connectivity index (χ0n) is 20.1. The first-order valence-corrected chi connectivity index (χ1v) is 13.0. The normalized spacial score (nSPS) is 48.3. The van der Waals surface area contributed by atoms with Gasteiger partial charge in [0.25, 0.3) is 0 Å². The van der Waals surface area contributed by atoms with Crippen LogP contribution in [0.25, 0.3) is 0 Å². The summed E-state index contributed by atoms with van der Waals surface area (Å²) < 4.78 is 12.7. The molecule has 4 heteroatoms. The molecule has 4 saturated carbocycles. The molecule has 0 bridgehead atoms. The summed E-state index contributed by atoms with van der Waals surface area (Å²) in [5.74, 6) is 4.74. The van der Waals surface area contributed by atoms with E-state index in [0.717, 1.165) is 29.6 Å². The van der Waals surface area contributed by atoms with Crippen LogP contribution in [0.1, 0.15) is 79.1 Å². The van der Waals surface area contributed by atoms with E-state index in [2.05, 4.69) is 27.7 Å². The molecule has 0 radical (unpaired) electrons. The van der Waals surface area contributed by atoms with Crippen LogP contribution in [0.15, 0.2) is 0 Å². The van der Waals surface area contributed by atoms with E-state index in [4.69, 9.17) is 20.9 Å². The Kier molecular flexibility index (Phi) is 6.90. The van der Waals surface area contributed by atoms with E-state index in [1.165, 1.54) is 51.4 Å². The van der Waals surface area contributed by atoms with Gasteiger partial charge in [0, 0.05) is 13.1 Å². The number of hydrogen-bond acceptors (Lipinski definition) is 4. The molecule has 174 valence electrons. The first-order valence-electron chi connectivity index (χ1n) is 13.0. The van der Waals surface area contributed by atoms with Crippen molar-refractivity contribution in [3.8, 4) is 0 Å². The minimum Gasteiger partial charge on any atom is -0.377 e. The predicted molar refractivity (Wildman–Crippen MR) is 123 cm³/mol. The predicted octanol–water partition coefficient (Wildman–Crippen LogP) is 4.60. The number of hydrogen-bond donors (Lipinski definition) is 2. The van der Waals surface area contributed by atoms with E-state index in [9.17, 15) is 0 Å². The summed E-state index contributed by atoms with van der Waals surface area (Å²) in [7, 11) is 0. The molecule has 4 aliphatic rings. The molecule has 0 spiro atoms. The van der Waals surface area contributed by atoms with Crippen molar-refractivity contribution in [1.82, 2.24) is 0 Å². The minimum atomic E-state index is 0.389. The second kappa shape index (κ2) is 9.00. The Balaban J connectivity index is 1.60. The van der Waals surface area contributed by atoms with Gasteiger partial charge in [0.2, 0.25) is 0 Å². The maximum atomic E-state index is 6.58. The van der Waals surface area contributed by atoms with Crippen LogP contribution in [-0.4, -0.2) is 38.5 Å². The Morgan fingerprint density at radius 1 is 0.833 bits per heavy atom. The first kappa shape index (κ1) is 23.0. The second-order valence-electron chi connectivity index (χ2n) is 12.0. The fraction of sp³-hybridized carbons (Fsp3) is 1.00. The third-order valence-corrected chi connectivity index (χ3v) is 10.4. The third kappa shape index (κ3) is 3.78. The Morgan fingerprint density at radius 3 is 2.20 bits per heavy atom. The Hall–Kier alpha value is -0.160. The summed E-state index contributed by atoms with van der Waals surface area (Å²) in [6.45, 7) is 12.8. The summed E-state index contributed by atoms with van der Waals surface area (Å²) >= 11 is 0. The molecule has 0 saturated heterocycles. The van der Waals surface area contributed by atoms with Crippen molar-refractivity contribution in [1.29, 1.82) is 0 Å². The van der Waals surface area contributed by atoms with E-state index in [0.29, 0.717) is 55.3 Å². The average Bonchev–Trinajstić information content (AvgIpc) is 3.08. The van der Waals surface area contributed by atoms with Gasteiger partial charge in [-0.05, 0) is 97.7 Å². The van der Waals surface area contributed by atoms with Crippen LogP contribution >= 0.6 is 0 Å². The van der Waals surface area contributed by atoms with Crippen molar-refractivity contribution in [3.63, 3.8) is 0 Å². The van der Waals surface area contributed by atoms with Crippen LogP contribution in [-0.2, 0) is 9.47 Å². The second-order valence-corrected chi connectivity index (χ2v) is 12.0. The molecular formula is C26H48N2O2. The molecule has 0 aromatic rings. The van der Waals surface area contributed by atoms with Gasteiger partial charge in [-0.25, -0.2) is 0 Å². The summed E-state index contributed by atoms with van der Waals surface area (Å²) in [5.41, 5.74) is 12.5. The quantitative estimate of drug-likeness (QED) is 0.631. The molecule has 4 rings (SSSR count). The SMILES string of the molecule is CC(C)[C@H]1CC[C@H]2C3C(OCCN)CC4C[C@H](OCCN)CC[C@]4(C)[C@H]3CC[C@]12C. The zero-order chi connectivity index (χ0) is 21.5. The minimum absolute atomic E-state index is 0.389. The van der Waals surface area contributed by atoms with Crippen LogP contribution in [0.3, 0.4) is 0 Å². The van der Waals surface area contributed by atoms with E-state index < -0.39 is 0 Å². The van der Waals surface area contributed by atoms with Gasteiger partial charge < -0.3 is 20.9 Å². The number of rotatable bonds is 7. The fourth-order valence-corrected chi connectivity index (χ4v) is 9.07. The lowest BCUT2D eigenvalue weighted by molar-refractivity contribution is -0.190. The lowest BCUT2D eigenvalue weighted by atomic mass is 9.43. The van der Waals surface area contributed by atoms with E-state index in [1.807, 2.05) is 0 Å². The van der Waals surface area contributed by atoms with Crippen LogP contribution in [0, 0.1) is 46.3 Å². The van der Waals surface area contributed by atoms with E-state index >= 15 is 0 Å². The summed E-state index contributed by atoms with van der Waals surface area (Å²) in [5, 5.41) is 0. The van der Waals surface area contributed by atoms with Gasteiger partial charge in [-0.3, -0.25) is 0 Å². The van der Waals surface area contributed by atoms with E-state index in [-0.39, 0.29) is 0 Å². The highest BCUT2D eigenvalue weighted by atomic mass is 16.5. The Labute approximate surface area is 185 Å². The molecule has 0 aromatic carbocycles. The van der Waals surface area contributed by atoms with Gasteiger partial charge in [-0.1, -0.05) is 27.7 Å². The first-order chi connectivity index (χ1) is 14.3. The molecule has 0 aromatic heterocycles. The van der Waals surface area contributed by atoms with Crippen molar-refractivity contribution in [2.45, 2.75) is 91.3 Å². The number of fused-ring (bicyclic) bond motifs is 5. The van der Waals surface area contributed by atoms with Gasteiger partial charge in [-0.2, -0.15) is 0 Å². The van der Waals surface area contributed by atoms with Crippen molar-refractivity contribution >= 4 is 0 Å². The summed E-state index contributed by atoms with van der Waals surface area (Å²) in [4.78, 5) is 0. The Morgan fingerprint density at radius 2 is 1.50 bits per heavy atom. The molecule has 4 N–H and O–H groups in total. The topological polar surface area (TPSA) is 70.5 Å². The van der Waals surface area contributed by atoms with Gasteiger partial charge in [0.1, 0.15) is 0 Å². The third-order valence-electron chi connectivity index (χ3n) is 10.4. The van der Waals surface area contributed by atoms with E-state index in [1.54, 1.807) is 0 Å². The lowest BCUT2D eigenvalue weighted by Gasteiger charge is -2.63. The number of nitrogens with two attached hydrogens (primary N) is 2. The van der Waals surface area contributed by atoms with Crippen LogP contribution in [0.2, 0.25) is 0 Å². The van der Waals surface area contributed by atoms with Crippen molar-refractivity contribution in [2.24, 2.45) is 57.8 Å². The lowest BCUT2D eigenvalue weighted by Crippen LogP contribution is -2.59. The van der Waals surface area contributed by atoms with Crippen LogP contribution in [0.5, 0.6) is 0 Å². The highest BCUT2D eigenvalue weighted by Crippen LogP contribution is 2.68. The fourth-order valence-electron chi connectivity index (χ4n) is 9.07. The molecule has 4 fully saturated rings. The molecule has 30 heavy (non-hydrogen) atoms. The standard InChI is InChI=1S/C26H48N2O2/c1-17(2)20-5-6-21-24-22(8-10-26(20,21)4)25(3)9-7-19(29-13-11-27)15-18(25)16-23(24)30-14-12-28/h17-24H,5-16,27-28H2,1-4H3/t18?,19-,20-,21+,22+,23?,24?,25+,26-/m1/s1. The Bertz CT molecular complexity index is 583. The maximum Gasteiger partial charge on any atom is 0.0612 e. The van der Waals surface area contributed by atoms with Gasteiger partial charge in [-0.15, -0.1) is 0 Å². The molecule has 9 atom stereocenters. The summed E-state index contributed by atoms with van der Waals surface area (Å²) in [6.07, 6.45) is 11.3. The molecule has 0 amide bonds. The van der Waals surface area contributed by atoms with Crippen molar-refractivity contribution < 1.29 is 9.47 Å². The monoisotopic (exact) mass is 420 g/mol. The molecule has 0 aliphatic heterocycles. The average molecular weight is 421 g/mol. The highest BCUT2D eigenvalue weighted by molar-refractivity contribution is 5.12. The van der Waals surface area contributed by atoms with Gasteiger partial charge >= 0.3 is 0 Å². The zero-order valence-corrected chi connectivity index (χ0v) is 20.1. The number of ether oxygens (including phenoxy) is 2. The van der Waals surface area contributed by atoms with Crippen molar-refractivity contribution in [3.05, 3.63) is 0 Å². The molecule has 4 nitrogen and oxygen atoms in total. The molecular weight excluding hydrogens is 372 g/mol. The maximum absolute atomic E-state index is 6.58.